The monoisotopic (exact) mass is 533 g/mol. The van der Waals surface area contributed by atoms with Crippen molar-refractivity contribution in [1.29, 1.82) is 0 Å². The summed E-state index contributed by atoms with van der Waals surface area (Å²) in [5.74, 6) is 0.376. The summed E-state index contributed by atoms with van der Waals surface area (Å²) in [5.41, 5.74) is 7.31. The van der Waals surface area contributed by atoms with Gasteiger partial charge in [-0.2, -0.15) is 13.2 Å². The van der Waals surface area contributed by atoms with Crippen molar-refractivity contribution in [2.75, 3.05) is 11.1 Å². The van der Waals surface area contributed by atoms with Gasteiger partial charge in [0.2, 0.25) is 5.91 Å². The van der Waals surface area contributed by atoms with Gasteiger partial charge in [0.25, 0.3) is 5.91 Å². The number of aromatic nitrogens is 4. The highest BCUT2D eigenvalue weighted by Crippen LogP contribution is 2.53. The molecule has 1 aliphatic heterocycles. The molecule has 39 heavy (non-hydrogen) atoms. The number of carbonyl (C=O) groups is 2. The number of rotatable bonds is 5. The van der Waals surface area contributed by atoms with Crippen LogP contribution in [0.1, 0.15) is 40.6 Å². The molecule has 3 atom stereocenters. The standard InChI is InChI=1S/C27H22F3N7O2/c1-2-21(38)37-18-11-16(18)12-19(37)25-35-22(23-24(31)33-9-10-36(23)25)14-3-5-15(6-4-14)26(39)34-20-13-17(7-8-32-20)27(28,29)30/h2-10,13,16,18-19H,1,11-12H2,(H2,31,33)(H,32,34,39)/t16?,18?,19-/m0/s1. The number of anilines is 2. The summed E-state index contributed by atoms with van der Waals surface area (Å²) >= 11 is 0. The summed E-state index contributed by atoms with van der Waals surface area (Å²) in [6.07, 6.45) is 2.83. The summed E-state index contributed by atoms with van der Waals surface area (Å²) < 4.78 is 40.8. The Balaban J connectivity index is 1.31. The van der Waals surface area contributed by atoms with Gasteiger partial charge in [0.05, 0.1) is 11.6 Å². The summed E-state index contributed by atoms with van der Waals surface area (Å²) in [7, 11) is 0. The number of nitrogens with zero attached hydrogens (tertiary/aromatic N) is 5. The van der Waals surface area contributed by atoms with Crippen LogP contribution in [-0.2, 0) is 11.0 Å². The molecule has 12 heteroatoms. The molecule has 2 amide bonds. The van der Waals surface area contributed by atoms with E-state index in [9.17, 15) is 22.8 Å². The van der Waals surface area contributed by atoms with Crippen molar-refractivity contribution >= 4 is 29.0 Å². The first-order chi connectivity index (χ1) is 18.7. The normalized spacial score (nSPS) is 20.1. The zero-order chi connectivity index (χ0) is 27.5. The number of piperidine rings is 1. The van der Waals surface area contributed by atoms with E-state index in [0.29, 0.717) is 28.5 Å². The van der Waals surface area contributed by atoms with Gasteiger partial charge in [-0.1, -0.05) is 18.7 Å². The first kappa shape index (κ1) is 24.6. The average molecular weight is 534 g/mol. The second-order valence-corrected chi connectivity index (χ2v) is 9.57. The lowest BCUT2D eigenvalue weighted by atomic mass is 10.1. The van der Waals surface area contributed by atoms with Crippen LogP contribution < -0.4 is 11.1 Å². The highest BCUT2D eigenvalue weighted by molar-refractivity contribution is 6.04. The smallest absolute Gasteiger partial charge is 0.382 e. The number of imidazole rings is 1. The zero-order valence-corrected chi connectivity index (χ0v) is 20.4. The molecule has 1 aliphatic carbocycles. The Bertz CT molecular complexity index is 1630. The van der Waals surface area contributed by atoms with Crippen molar-refractivity contribution in [3.63, 3.8) is 0 Å². The van der Waals surface area contributed by atoms with E-state index in [1.165, 1.54) is 18.2 Å². The summed E-state index contributed by atoms with van der Waals surface area (Å²) in [4.78, 5) is 40.1. The van der Waals surface area contributed by atoms with Gasteiger partial charge >= 0.3 is 6.18 Å². The van der Waals surface area contributed by atoms with Gasteiger partial charge in [-0.05, 0) is 49.1 Å². The van der Waals surface area contributed by atoms with Crippen molar-refractivity contribution < 1.29 is 22.8 Å². The second-order valence-electron chi connectivity index (χ2n) is 9.57. The van der Waals surface area contributed by atoms with Crippen LogP contribution in [0.15, 0.2) is 67.6 Å². The minimum absolute atomic E-state index is 0.143. The lowest BCUT2D eigenvalue weighted by Gasteiger charge is -2.25. The van der Waals surface area contributed by atoms with Gasteiger partial charge in [-0.15, -0.1) is 0 Å². The van der Waals surface area contributed by atoms with Crippen molar-refractivity contribution in [3.8, 4) is 11.3 Å². The minimum Gasteiger partial charge on any atom is -0.382 e. The number of likely N-dealkylation sites (tertiary alicyclic amines) is 1. The van der Waals surface area contributed by atoms with Crippen molar-refractivity contribution in [2.24, 2.45) is 5.92 Å². The van der Waals surface area contributed by atoms with E-state index in [2.05, 4.69) is 21.9 Å². The van der Waals surface area contributed by atoms with E-state index in [1.54, 1.807) is 24.5 Å². The Morgan fingerprint density at radius 3 is 2.59 bits per heavy atom. The number of hydrogen-bond acceptors (Lipinski definition) is 6. The van der Waals surface area contributed by atoms with E-state index in [4.69, 9.17) is 10.7 Å². The van der Waals surface area contributed by atoms with Gasteiger partial charge in [0.15, 0.2) is 0 Å². The highest BCUT2D eigenvalue weighted by Gasteiger charge is 2.55. The Labute approximate surface area is 220 Å². The molecule has 2 fully saturated rings. The first-order valence-electron chi connectivity index (χ1n) is 12.2. The molecule has 0 spiro atoms. The molecule has 3 aromatic heterocycles. The number of nitrogens with two attached hydrogens (primary N) is 1. The van der Waals surface area contributed by atoms with E-state index in [0.717, 1.165) is 31.2 Å². The third-order valence-electron chi connectivity index (χ3n) is 7.19. The lowest BCUT2D eigenvalue weighted by Crippen LogP contribution is -2.33. The number of carbonyl (C=O) groups excluding carboxylic acids is 2. The quantitative estimate of drug-likeness (QED) is 0.365. The molecule has 4 aromatic rings. The molecule has 4 heterocycles. The Hall–Kier alpha value is -4.74. The van der Waals surface area contributed by atoms with E-state index in [-0.39, 0.29) is 35.2 Å². The summed E-state index contributed by atoms with van der Waals surface area (Å²) in [6, 6.07) is 7.95. The molecule has 1 saturated carbocycles. The van der Waals surface area contributed by atoms with Gasteiger partial charge in [-0.25, -0.2) is 15.0 Å². The van der Waals surface area contributed by atoms with E-state index >= 15 is 0 Å². The molecule has 9 nitrogen and oxygen atoms in total. The van der Waals surface area contributed by atoms with Gasteiger partial charge < -0.3 is 16.0 Å². The Kier molecular flexibility index (Phi) is 5.63. The third-order valence-corrected chi connectivity index (χ3v) is 7.19. The molecule has 198 valence electrons. The number of fused-ring (bicyclic) bond motifs is 2. The molecule has 2 unspecified atom stereocenters. The van der Waals surface area contributed by atoms with E-state index < -0.39 is 17.6 Å². The molecular formula is C27H22F3N7O2. The molecule has 0 radical (unpaired) electrons. The fourth-order valence-corrected chi connectivity index (χ4v) is 5.28. The molecule has 3 N–H and O–H groups in total. The summed E-state index contributed by atoms with van der Waals surface area (Å²) in [5, 5.41) is 2.39. The lowest BCUT2D eigenvalue weighted by molar-refractivity contribution is -0.137. The number of pyridine rings is 1. The minimum atomic E-state index is -4.55. The van der Waals surface area contributed by atoms with Crippen molar-refractivity contribution in [3.05, 3.63) is 84.6 Å². The number of benzene rings is 1. The van der Waals surface area contributed by atoms with Crippen molar-refractivity contribution in [2.45, 2.75) is 31.1 Å². The summed E-state index contributed by atoms with van der Waals surface area (Å²) in [6.45, 7) is 3.64. The molecule has 2 aliphatic rings. The fourth-order valence-electron chi connectivity index (χ4n) is 5.28. The number of nitrogens with one attached hydrogen (secondary N) is 1. The number of hydrogen-bond donors (Lipinski definition) is 2. The maximum absolute atomic E-state index is 13.0. The highest BCUT2D eigenvalue weighted by atomic mass is 19.4. The molecule has 0 bridgehead atoms. The largest absolute Gasteiger partial charge is 0.416 e. The van der Waals surface area contributed by atoms with Crippen LogP contribution in [0.4, 0.5) is 24.8 Å². The maximum Gasteiger partial charge on any atom is 0.416 e. The molecule has 1 aromatic carbocycles. The number of amides is 2. The fraction of sp³-hybridized carbons (Fsp3) is 0.222. The van der Waals surface area contributed by atoms with E-state index in [1.807, 2.05) is 9.30 Å². The van der Waals surface area contributed by atoms with Crippen molar-refractivity contribution in [1.82, 2.24) is 24.3 Å². The first-order valence-corrected chi connectivity index (χ1v) is 12.2. The van der Waals surface area contributed by atoms with Gasteiger partial charge in [-0.3, -0.25) is 14.0 Å². The Morgan fingerprint density at radius 2 is 1.87 bits per heavy atom. The van der Waals surface area contributed by atoms with Crippen LogP contribution in [0.25, 0.3) is 16.8 Å². The molecular weight excluding hydrogens is 511 g/mol. The SMILES string of the molecule is C=CC(=O)N1C2CC2C[C@H]1c1nc(-c2ccc(C(=O)Nc3cc(C(F)(F)F)ccn3)cc2)c2c(N)nccn12. The van der Waals surface area contributed by atoms with Crippen LogP contribution in [-0.4, -0.2) is 42.1 Å². The molecule has 1 saturated heterocycles. The third kappa shape index (κ3) is 4.27. The average Bonchev–Trinajstić information content (AvgIpc) is 3.40. The van der Waals surface area contributed by atoms with Crippen LogP contribution >= 0.6 is 0 Å². The van der Waals surface area contributed by atoms with Crippen LogP contribution in [0, 0.1) is 5.92 Å². The topological polar surface area (TPSA) is 119 Å². The number of alkyl halides is 3. The second kappa shape index (κ2) is 8.93. The molecule has 6 rings (SSSR count). The van der Waals surface area contributed by atoms with Crippen LogP contribution in [0.3, 0.4) is 0 Å². The maximum atomic E-state index is 13.0. The van der Waals surface area contributed by atoms with Crippen LogP contribution in [0.5, 0.6) is 0 Å². The predicted octanol–water partition coefficient (Wildman–Crippen LogP) is 4.49. The van der Waals surface area contributed by atoms with Gasteiger partial charge in [0, 0.05) is 35.8 Å². The van der Waals surface area contributed by atoms with Gasteiger partial charge in [0.1, 0.15) is 28.7 Å². The Morgan fingerprint density at radius 1 is 1.10 bits per heavy atom. The number of nitrogen functional groups attached to an aromatic ring is 1. The van der Waals surface area contributed by atoms with Crippen LogP contribution in [0.2, 0.25) is 0 Å². The number of halogens is 3. The zero-order valence-electron chi connectivity index (χ0n) is 20.4. The predicted molar refractivity (Wildman–Crippen MR) is 136 cm³/mol.